The molecule has 6 nitrogen and oxygen atoms in total. The fourth-order valence-corrected chi connectivity index (χ4v) is 5.71. The van der Waals surface area contributed by atoms with Gasteiger partial charge in [0.15, 0.2) is 0 Å². The van der Waals surface area contributed by atoms with Crippen molar-refractivity contribution in [2.45, 2.75) is 32.0 Å². The van der Waals surface area contributed by atoms with Crippen molar-refractivity contribution >= 4 is 23.7 Å². The molecule has 2 aromatic rings. The Bertz CT molecular complexity index is 961. The van der Waals surface area contributed by atoms with Gasteiger partial charge in [-0.1, -0.05) is 31.2 Å². The number of ether oxygens (including phenoxy) is 2. The van der Waals surface area contributed by atoms with E-state index in [4.69, 9.17) is 9.47 Å². The van der Waals surface area contributed by atoms with Gasteiger partial charge in [0.25, 0.3) is 5.91 Å². The van der Waals surface area contributed by atoms with Gasteiger partial charge in [-0.15, -0.1) is 0 Å². The number of piperidine rings is 1. The van der Waals surface area contributed by atoms with Crippen molar-refractivity contribution in [1.29, 1.82) is 0 Å². The van der Waals surface area contributed by atoms with E-state index in [2.05, 4.69) is 22.0 Å². The highest BCUT2D eigenvalue weighted by molar-refractivity contribution is 7.98. The van der Waals surface area contributed by atoms with Gasteiger partial charge in [0, 0.05) is 49.7 Å². The van der Waals surface area contributed by atoms with Gasteiger partial charge in [-0.3, -0.25) is 4.79 Å². The average molecular weight is 454 g/mol. The van der Waals surface area contributed by atoms with Crippen LogP contribution < -0.4 is 9.46 Å². The summed E-state index contributed by atoms with van der Waals surface area (Å²) in [6, 6.07) is 15.9. The molecular formula is C25H31N3O3S. The van der Waals surface area contributed by atoms with Gasteiger partial charge in [0.1, 0.15) is 18.0 Å². The van der Waals surface area contributed by atoms with Gasteiger partial charge in [0.2, 0.25) is 0 Å². The van der Waals surface area contributed by atoms with Crippen LogP contribution in [0.5, 0.6) is 5.75 Å². The highest BCUT2D eigenvalue weighted by atomic mass is 32.2. The number of nitrogens with one attached hydrogen (secondary N) is 1. The molecule has 1 aliphatic carbocycles. The first-order valence-corrected chi connectivity index (χ1v) is 12.3. The van der Waals surface area contributed by atoms with Gasteiger partial charge < -0.3 is 19.1 Å². The maximum Gasteiger partial charge on any atom is 0.254 e. The van der Waals surface area contributed by atoms with Crippen LogP contribution in [0.1, 0.15) is 29.3 Å². The van der Waals surface area contributed by atoms with Crippen LogP contribution in [0.3, 0.4) is 0 Å². The zero-order valence-corrected chi connectivity index (χ0v) is 19.5. The molecule has 170 valence electrons. The Hall–Kier alpha value is -2.22. The zero-order valence-electron chi connectivity index (χ0n) is 18.7. The SMILES string of the molecule is CCc1ccccc1C(=O)N1CC(OC)[C@H](Oc2cccc(NSN3CC4CC4C3)c2)C1. The standard InChI is InChI=1S/C25H31N3O3S/c1-3-17-7-4-5-10-22(17)25(29)27-15-23(30-2)24(16-27)31-21-9-6-8-20(12-21)26-32-28-13-18-11-19(18)14-28/h4-10,12,18-19,23-24,26H,3,11,13-16H2,1-2H3/t18?,19?,23?,24-/m1/s1. The number of rotatable bonds is 8. The highest BCUT2D eigenvalue weighted by Crippen LogP contribution is 2.46. The Kier molecular flexibility index (Phi) is 6.31. The maximum absolute atomic E-state index is 13.2. The smallest absolute Gasteiger partial charge is 0.254 e. The molecule has 0 bridgehead atoms. The summed E-state index contributed by atoms with van der Waals surface area (Å²) in [6.45, 7) is 5.48. The second-order valence-corrected chi connectivity index (χ2v) is 9.88. The Balaban J connectivity index is 1.21. The van der Waals surface area contributed by atoms with Crippen molar-refractivity contribution < 1.29 is 14.3 Å². The molecule has 7 heteroatoms. The number of carbonyl (C=O) groups excluding carboxylic acids is 1. The quantitative estimate of drug-likeness (QED) is 0.608. The number of nitrogens with zero attached hydrogens (tertiary/aromatic N) is 2. The van der Waals surface area contributed by atoms with E-state index in [0.29, 0.717) is 13.1 Å². The zero-order chi connectivity index (χ0) is 22.1. The summed E-state index contributed by atoms with van der Waals surface area (Å²) in [4.78, 5) is 15.0. The number of aryl methyl sites for hydroxylation is 1. The summed E-state index contributed by atoms with van der Waals surface area (Å²) in [5, 5.41) is 0. The predicted molar refractivity (Wildman–Crippen MR) is 128 cm³/mol. The summed E-state index contributed by atoms with van der Waals surface area (Å²) in [7, 11) is 1.68. The van der Waals surface area contributed by atoms with Crippen LogP contribution in [-0.4, -0.2) is 60.6 Å². The lowest BCUT2D eigenvalue weighted by atomic mass is 10.0. The van der Waals surface area contributed by atoms with Gasteiger partial charge in [0.05, 0.1) is 13.1 Å². The van der Waals surface area contributed by atoms with E-state index in [1.807, 2.05) is 47.4 Å². The number of amides is 1. The van der Waals surface area contributed by atoms with Crippen molar-refractivity contribution in [3.8, 4) is 5.75 Å². The molecule has 0 spiro atoms. The minimum absolute atomic E-state index is 0.0473. The van der Waals surface area contributed by atoms with E-state index >= 15 is 0 Å². The van der Waals surface area contributed by atoms with Crippen molar-refractivity contribution in [3.63, 3.8) is 0 Å². The minimum Gasteiger partial charge on any atom is -0.486 e. The van der Waals surface area contributed by atoms with E-state index in [-0.39, 0.29) is 18.1 Å². The predicted octanol–water partition coefficient (Wildman–Crippen LogP) is 4.09. The molecule has 1 amide bonds. The summed E-state index contributed by atoms with van der Waals surface area (Å²) in [5.41, 5.74) is 2.86. The van der Waals surface area contributed by atoms with E-state index in [1.54, 1.807) is 19.2 Å². The van der Waals surface area contributed by atoms with Crippen LogP contribution in [0.2, 0.25) is 0 Å². The highest BCUT2D eigenvalue weighted by Gasteiger charge is 2.45. The first-order valence-electron chi connectivity index (χ1n) is 11.5. The molecule has 0 radical (unpaired) electrons. The van der Waals surface area contributed by atoms with Crippen LogP contribution in [0.4, 0.5) is 5.69 Å². The maximum atomic E-state index is 13.2. The van der Waals surface area contributed by atoms with Crippen molar-refractivity contribution in [2.75, 3.05) is 38.0 Å². The lowest BCUT2D eigenvalue weighted by Crippen LogP contribution is -2.32. The van der Waals surface area contributed by atoms with E-state index in [1.165, 1.54) is 19.5 Å². The first-order chi connectivity index (χ1) is 15.6. The third kappa shape index (κ3) is 4.60. The van der Waals surface area contributed by atoms with Crippen molar-refractivity contribution in [3.05, 3.63) is 59.7 Å². The fourth-order valence-electron chi connectivity index (χ4n) is 4.81. The average Bonchev–Trinajstić information content (AvgIpc) is 3.24. The fraction of sp³-hybridized carbons (Fsp3) is 0.480. The molecule has 2 saturated heterocycles. The molecule has 5 rings (SSSR count). The van der Waals surface area contributed by atoms with Crippen LogP contribution >= 0.6 is 12.1 Å². The van der Waals surface area contributed by atoms with Gasteiger partial charge in [-0.25, -0.2) is 4.31 Å². The van der Waals surface area contributed by atoms with Gasteiger partial charge in [-0.05, 0) is 48.4 Å². The summed E-state index contributed by atoms with van der Waals surface area (Å²) < 4.78 is 17.8. The summed E-state index contributed by atoms with van der Waals surface area (Å²) in [5.74, 6) is 2.67. The number of anilines is 1. The number of fused-ring (bicyclic) bond motifs is 1. The number of hydrogen-bond donors (Lipinski definition) is 1. The molecule has 1 saturated carbocycles. The normalized spacial score (nSPS) is 26.8. The Morgan fingerprint density at radius 2 is 1.84 bits per heavy atom. The van der Waals surface area contributed by atoms with E-state index in [0.717, 1.165) is 40.8 Å². The minimum atomic E-state index is -0.202. The Morgan fingerprint density at radius 3 is 2.62 bits per heavy atom. The largest absolute Gasteiger partial charge is 0.486 e. The topological polar surface area (TPSA) is 54.0 Å². The van der Waals surface area contributed by atoms with Gasteiger partial charge in [-0.2, -0.15) is 0 Å². The number of benzene rings is 2. The second-order valence-electron chi connectivity index (χ2n) is 8.98. The molecular weight excluding hydrogens is 422 g/mol. The number of methoxy groups -OCH3 is 1. The monoisotopic (exact) mass is 453 g/mol. The third-order valence-electron chi connectivity index (χ3n) is 6.79. The van der Waals surface area contributed by atoms with Crippen molar-refractivity contribution in [2.24, 2.45) is 11.8 Å². The number of likely N-dealkylation sites (tertiary alicyclic amines) is 1. The molecule has 3 aliphatic rings. The molecule has 4 atom stereocenters. The summed E-state index contributed by atoms with van der Waals surface area (Å²) in [6.07, 6.45) is 1.88. The van der Waals surface area contributed by atoms with Gasteiger partial charge >= 0.3 is 0 Å². The third-order valence-corrected chi connectivity index (χ3v) is 7.68. The van der Waals surface area contributed by atoms with E-state index < -0.39 is 0 Å². The molecule has 1 N–H and O–H groups in total. The Labute approximate surface area is 194 Å². The van der Waals surface area contributed by atoms with Crippen LogP contribution in [0.25, 0.3) is 0 Å². The summed E-state index contributed by atoms with van der Waals surface area (Å²) >= 11 is 1.68. The second kappa shape index (κ2) is 9.33. The molecule has 2 heterocycles. The molecule has 3 unspecified atom stereocenters. The molecule has 3 fully saturated rings. The number of carbonyl (C=O) groups is 1. The molecule has 2 aliphatic heterocycles. The molecule has 32 heavy (non-hydrogen) atoms. The van der Waals surface area contributed by atoms with Crippen molar-refractivity contribution in [1.82, 2.24) is 9.21 Å². The van der Waals surface area contributed by atoms with Crippen LogP contribution in [-0.2, 0) is 11.2 Å². The first kappa shape index (κ1) is 21.6. The Morgan fingerprint density at radius 1 is 1.06 bits per heavy atom. The lowest BCUT2D eigenvalue weighted by molar-refractivity contribution is 0.0340. The number of hydrogen-bond acceptors (Lipinski definition) is 6. The van der Waals surface area contributed by atoms with Crippen LogP contribution in [0, 0.1) is 11.8 Å². The lowest BCUT2D eigenvalue weighted by Gasteiger charge is -2.20. The molecule has 2 aromatic carbocycles. The van der Waals surface area contributed by atoms with E-state index in [9.17, 15) is 4.79 Å². The van der Waals surface area contributed by atoms with Crippen LogP contribution in [0.15, 0.2) is 48.5 Å². The molecule has 0 aromatic heterocycles.